The highest BCUT2D eigenvalue weighted by Gasteiger charge is 2.22. The average Bonchev–Trinajstić information content (AvgIpc) is 2.97. The second-order valence-electron chi connectivity index (χ2n) is 3.76. The van der Waals surface area contributed by atoms with E-state index in [0.717, 1.165) is 0 Å². The Morgan fingerprint density at radius 3 is 2.79 bits per heavy atom. The van der Waals surface area contributed by atoms with Crippen molar-refractivity contribution in [3.8, 4) is 0 Å². The van der Waals surface area contributed by atoms with Crippen molar-refractivity contribution in [2.45, 2.75) is 19.8 Å². The Kier molecular flexibility index (Phi) is 3.95. The van der Waals surface area contributed by atoms with E-state index in [1.807, 2.05) is 6.92 Å². The third kappa shape index (κ3) is 3.38. The molecule has 0 radical (unpaired) electrons. The number of hydrogen-bond donors (Lipinski definition) is 2. The van der Waals surface area contributed by atoms with Crippen LogP contribution < -0.4 is 5.32 Å². The number of likely N-dealkylation sites (N-methyl/N-ethyl adjacent to an activating group) is 1. The molecule has 2 N–H and O–H groups in total. The maximum absolute atomic E-state index is 11.3. The molecule has 0 unspecified atom stereocenters. The molecule has 4 heteroatoms. The van der Waals surface area contributed by atoms with Gasteiger partial charge in [-0.15, -0.1) is 0 Å². The molecule has 0 bridgehead atoms. The third-order valence-electron chi connectivity index (χ3n) is 2.43. The van der Waals surface area contributed by atoms with Crippen LogP contribution in [0, 0.1) is 5.92 Å². The van der Waals surface area contributed by atoms with Gasteiger partial charge in [-0.05, 0) is 25.7 Å². The van der Waals surface area contributed by atoms with Crippen LogP contribution in [0.25, 0.3) is 0 Å². The Morgan fingerprint density at radius 2 is 2.29 bits per heavy atom. The molecule has 1 aliphatic rings. The van der Waals surface area contributed by atoms with Crippen molar-refractivity contribution in [3.63, 3.8) is 0 Å². The summed E-state index contributed by atoms with van der Waals surface area (Å²) in [5, 5.41) is 11.3. The van der Waals surface area contributed by atoms with Gasteiger partial charge in [-0.3, -0.25) is 0 Å². The predicted octanol–water partition coefficient (Wildman–Crippen LogP) is 0.934. The van der Waals surface area contributed by atoms with Crippen molar-refractivity contribution in [1.82, 2.24) is 10.2 Å². The van der Waals surface area contributed by atoms with E-state index < -0.39 is 0 Å². The van der Waals surface area contributed by atoms with Crippen molar-refractivity contribution in [2.24, 2.45) is 5.92 Å². The van der Waals surface area contributed by atoms with Gasteiger partial charge in [0.15, 0.2) is 0 Å². The SMILES string of the molecule is C/C(=C\NC(=O)N(C)CCO)C1CC1. The van der Waals surface area contributed by atoms with Crippen LogP contribution >= 0.6 is 0 Å². The highest BCUT2D eigenvalue weighted by atomic mass is 16.3. The van der Waals surface area contributed by atoms with Crippen LogP contribution in [0.2, 0.25) is 0 Å². The number of amides is 2. The molecule has 0 aromatic heterocycles. The summed E-state index contributed by atoms with van der Waals surface area (Å²) in [5.74, 6) is 0.679. The number of nitrogens with zero attached hydrogens (tertiary/aromatic N) is 1. The minimum atomic E-state index is -0.168. The summed E-state index contributed by atoms with van der Waals surface area (Å²) in [6.45, 7) is 2.39. The lowest BCUT2D eigenvalue weighted by Crippen LogP contribution is -2.36. The number of carbonyl (C=O) groups is 1. The Morgan fingerprint density at radius 1 is 1.64 bits per heavy atom. The topological polar surface area (TPSA) is 52.6 Å². The van der Waals surface area contributed by atoms with Gasteiger partial charge in [-0.2, -0.15) is 0 Å². The summed E-state index contributed by atoms with van der Waals surface area (Å²) < 4.78 is 0. The number of allylic oxidation sites excluding steroid dienone is 1. The lowest BCUT2D eigenvalue weighted by atomic mass is 10.2. The number of rotatable bonds is 4. The van der Waals surface area contributed by atoms with E-state index in [-0.39, 0.29) is 12.6 Å². The molecular formula is C10H18N2O2. The second kappa shape index (κ2) is 5.00. The standard InChI is InChI=1S/C10H18N2O2/c1-8(9-3-4-9)7-11-10(14)12(2)5-6-13/h7,9,13H,3-6H2,1-2H3,(H,11,14)/b8-7+. The summed E-state index contributed by atoms with van der Waals surface area (Å²) in [5.41, 5.74) is 1.23. The highest BCUT2D eigenvalue weighted by molar-refractivity contribution is 5.74. The summed E-state index contributed by atoms with van der Waals surface area (Å²) in [4.78, 5) is 12.8. The normalized spacial score (nSPS) is 16.6. The number of aliphatic hydroxyl groups excluding tert-OH is 1. The van der Waals surface area contributed by atoms with Crippen LogP contribution in [0.5, 0.6) is 0 Å². The highest BCUT2D eigenvalue weighted by Crippen LogP contribution is 2.35. The molecule has 1 rings (SSSR count). The number of aliphatic hydroxyl groups is 1. The van der Waals surface area contributed by atoms with Crippen molar-refractivity contribution < 1.29 is 9.90 Å². The molecule has 0 aromatic carbocycles. The first-order valence-electron chi connectivity index (χ1n) is 4.94. The van der Waals surface area contributed by atoms with E-state index in [4.69, 9.17) is 5.11 Å². The molecule has 1 fully saturated rings. The zero-order chi connectivity index (χ0) is 10.6. The van der Waals surface area contributed by atoms with Gasteiger partial charge in [0.1, 0.15) is 0 Å². The molecule has 1 aliphatic carbocycles. The molecule has 14 heavy (non-hydrogen) atoms. The molecule has 0 aromatic rings. The molecule has 0 atom stereocenters. The Balaban J connectivity index is 2.28. The maximum Gasteiger partial charge on any atom is 0.321 e. The predicted molar refractivity (Wildman–Crippen MR) is 54.7 cm³/mol. The zero-order valence-electron chi connectivity index (χ0n) is 8.79. The number of urea groups is 1. The second-order valence-corrected chi connectivity index (χ2v) is 3.76. The summed E-state index contributed by atoms with van der Waals surface area (Å²) in [6, 6.07) is -0.168. The maximum atomic E-state index is 11.3. The summed E-state index contributed by atoms with van der Waals surface area (Å²) in [7, 11) is 1.66. The van der Waals surface area contributed by atoms with Gasteiger partial charge in [0, 0.05) is 19.8 Å². The lowest BCUT2D eigenvalue weighted by Gasteiger charge is -2.15. The summed E-state index contributed by atoms with van der Waals surface area (Å²) in [6.07, 6.45) is 4.25. The van der Waals surface area contributed by atoms with Crippen molar-refractivity contribution >= 4 is 6.03 Å². The van der Waals surface area contributed by atoms with E-state index in [1.54, 1.807) is 13.2 Å². The minimum Gasteiger partial charge on any atom is -0.395 e. The molecule has 4 nitrogen and oxygen atoms in total. The minimum absolute atomic E-state index is 0.00472. The first-order chi connectivity index (χ1) is 6.65. The largest absolute Gasteiger partial charge is 0.395 e. The monoisotopic (exact) mass is 198 g/mol. The fourth-order valence-corrected chi connectivity index (χ4v) is 1.19. The molecule has 1 saturated carbocycles. The van der Waals surface area contributed by atoms with Crippen LogP contribution in [0.3, 0.4) is 0 Å². The van der Waals surface area contributed by atoms with Crippen LogP contribution in [0.1, 0.15) is 19.8 Å². The fourth-order valence-electron chi connectivity index (χ4n) is 1.19. The van der Waals surface area contributed by atoms with Crippen LogP contribution in [-0.4, -0.2) is 36.2 Å². The van der Waals surface area contributed by atoms with Gasteiger partial charge in [0.2, 0.25) is 0 Å². The van der Waals surface area contributed by atoms with Gasteiger partial charge in [0.25, 0.3) is 0 Å². The molecule has 0 aliphatic heterocycles. The fraction of sp³-hybridized carbons (Fsp3) is 0.700. The van der Waals surface area contributed by atoms with Gasteiger partial charge in [-0.25, -0.2) is 4.79 Å². The van der Waals surface area contributed by atoms with Gasteiger partial charge in [-0.1, -0.05) is 5.57 Å². The molecule has 2 amide bonds. The number of carbonyl (C=O) groups excluding carboxylic acids is 1. The van der Waals surface area contributed by atoms with Gasteiger partial charge >= 0.3 is 6.03 Å². The zero-order valence-corrected chi connectivity index (χ0v) is 8.79. The van der Waals surface area contributed by atoms with E-state index in [0.29, 0.717) is 12.5 Å². The van der Waals surface area contributed by atoms with Crippen LogP contribution in [0.4, 0.5) is 4.79 Å². The van der Waals surface area contributed by atoms with E-state index in [1.165, 1.54) is 23.3 Å². The Hall–Kier alpha value is -1.03. The smallest absolute Gasteiger partial charge is 0.321 e. The summed E-state index contributed by atoms with van der Waals surface area (Å²) >= 11 is 0. The van der Waals surface area contributed by atoms with Crippen molar-refractivity contribution in [3.05, 3.63) is 11.8 Å². The molecule has 80 valence electrons. The van der Waals surface area contributed by atoms with Gasteiger partial charge < -0.3 is 15.3 Å². The van der Waals surface area contributed by atoms with Gasteiger partial charge in [0.05, 0.1) is 6.61 Å². The van der Waals surface area contributed by atoms with Crippen LogP contribution in [0.15, 0.2) is 11.8 Å². The number of nitrogens with one attached hydrogen (secondary N) is 1. The Labute approximate surface area is 84.6 Å². The molecular weight excluding hydrogens is 180 g/mol. The molecule has 0 saturated heterocycles. The average molecular weight is 198 g/mol. The van der Waals surface area contributed by atoms with Crippen LogP contribution in [-0.2, 0) is 0 Å². The molecule has 0 spiro atoms. The lowest BCUT2D eigenvalue weighted by molar-refractivity contribution is 0.193. The Bertz CT molecular complexity index is 234. The number of hydrogen-bond acceptors (Lipinski definition) is 2. The van der Waals surface area contributed by atoms with Crippen molar-refractivity contribution in [1.29, 1.82) is 0 Å². The van der Waals surface area contributed by atoms with Crippen molar-refractivity contribution in [2.75, 3.05) is 20.2 Å². The quantitative estimate of drug-likeness (QED) is 0.706. The van der Waals surface area contributed by atoms with E-state index in [2.05, 4.69) is 5.32 Å². The first kappa shape index (κ1) is 11.0. The molecule has 0 heterocycles. The van der Waals surface area contributed by atoms with E-state index >= 15 is 0 Å². The third-order valence-corrected chi connectivity index (χ3v) is 2.43. The van der Waals surface area contributed by atoms with E-state index in [9.17, 15) is 4.79 Å². The first-order valence-corrected chi connectivity index (χ1v) is 4.94.